The molecule has 0 aliphatic carbocycles. The van der Waals surface area contributed by atoms with E-state index in [1.807, 2.05) is 42.5 Å². The Bertz CT molecular complexity index is 1010. The number of rotatable bonds is 4. The lowest BCUT2D eigenvalue weighted by Gasteiger charge is -2.07. The fourth-order valence-electron chi connectivity index (χ4n) is 2.21. The van der Waals surface area contributed by atoms with Crippen LogP contribution in [0.4, 0.5) is 0 Å². The first-order valence-corrected chi connectivity index (χ1v) is 8.99. The first-order chi connectivity index (χ1) is 12.1. The van der Waals surface area contributed by atoms with Gasteiger partial charge in [-0.05, 0) is 17.7 Å². The topological polar surface area (TPSA) is 69.5 Å². The van der Waals surface area contributed by atoms with E-state index in [1.54, 1.807) is 12.1 Å². The van der Waals surface area contributed by atoms with Crippen molar-refractivity contribution in [2.75, 3.05) is 0 Å². The molecule has 0 atom stereocenters. The summed E-state index contributed by atoms with van der Waals surface area (Å²) in [7, 11) is 0. The molecular weight excluding hydrogens is 377 g/mol. The van der Waals surface area contributed by atoms with Crippen LogP contribution in [0.1, 0.15) is 11.1 Å². The number of thioether (sulfide) groups is 1. The molecule has 1 heterocycles. The Morgan fingerprint density at radius 1 is 1.12 bits per heavy atom. The minimum absolute atomic E-state index is 0.00471. The van der Waals surface area contributed by atoms with Crippen LogP contribution in [0.15, 0.2) is 58.5 Å². The summed E-state index contributed by atoms with van der Waals surface area (Å²) >= 11 is 13.3. The fraction of sp³-hybridized carbons (Fsp3) is 0.0556. The highest BCUT2D eigenvalue weighted by molar-refractivity contribution is 7.98. The van der Waals surface area contributed by atoms with Gasteiger partial charge in [0.2, 0.25) is 0 Å². The van der Waals surface area contributed by atoms with Gasteiger partial charge in [-0.1, -0.05) is 71.4 Å². The molecule has 0 aliphatic rings. The van der Waals surface area contributed by atoms with Crippen molar-refractivity contribution in [1.29, 1.82) is 5.26 Å². The molecule has 0 amide bonds. The van der Waals surface area contributed by atoms with Crippen LogP contribution < -0.4 is 5.56 Å². The molecule has 1 aromatic heterocycles. The van der Waals surface area contributed by atoms with E-state index >= 15 is 0 Å². The molecule has 0 bridgehead atoms. The molecule has 0 unspecified atom stereocenters. The Morgan fingerprint density at radius 3 is 2.56 bits per heavy atom. The molecule has 0 fully saturated rings. The maximum Gasteiger partial charge on any atom is 0.270 e. The smallest absolute Gasteiger partial charge is 0.270 e. The predicted octanol–water partition coefficient (Wildman–Crippen LogP) is 4.91. The highest BCUT2D eigenvalue weighted by Crippen LogP contribution is 2.27. The van der Waals surface area contributed by atoms with Crippen LogP contribution in [-0.4, -0.2) is 9.97 Å². The van der Waals surface area contributed by atoms with E-state index in [9.17, 15) is 10.1 Å². The molecule has 2 aromatic carbocycles. The molecule has 1 N–H and O–H groups in total. The van der Waals surface area contributed by atoms with E-state index in [4.69, 9.17) is 23.2 Å². The summed E-state index contributed by atoms with van der Waals surface area (Å²) in [5.41, 5.74) is 1.61. The molecule has 4 nitrogen and oxygen atoms in total. The van der Waals surface area contributed by atoms with Crippen LogP contribution in [0.2, 0.25) is 10.0 Å². The first kappa shape index (κ1) is 17.6. The van der Waals surface area contributed by atoms with E-state index in [2.05, 4.69) is 9.97 Å². The lowest BCUT2D eigenvalue weighted by molar-refractivity contribution is 0.934. The molecule has 25 heavy (non-hydrogen) atoms. The van der Waals surface area contributed by atoms with E-state index in [1.165, 1.54) is 11.8 Å². The molecule has 124 valence electrons. The predicted molar refractivity (Wildman–Crippen MR) is 101 cm³/mol. The van der Waals surface area contributed by atoms with Crippen LogP contribution in [0.25, 0.3) is 11.3 Å². The molecular formula is C18H11Cl2N3OS. The molecule has 0 saturated carbocycles. The van der Waals surface area contributed by atoms with Crippen LogP contribution in [-0.2, 0) is 5.75 Å². The van der Waals surface area contributed by atoms with E-state index in [0.717, 1.165) is 11.1 Å². The standard InChI is InChI=1S/C18H11Cl2N3OS/c19-14-7-6-11(8-15(14)20)10-25-18-22-16(12-4-2-1-3-5-12)13(9-21)17(24)23-18/h1-8H,10H2,(H,22,23,24). The lowest BCUT2D eigenvalue weighted by atomic mass is 10.1. The second-order valence-corrected chi connectivity index (χ2v) is 6.89. The largest absolute Gasteiger partial charge is 0.300 e. The van der Waals surface area contributed by atoms with Crippen molar-refractivity contribution in [2.24, 2.45) is 0 Å². The van der Waals surface area contributed by atoms with Crippen LogP contribution >= 0.6 is 35.0 Å². The molecule has 0 radical (unpaired) electrons. The van der Waals surface area contributed by atoms with Crippen LogP contribution in [0.3, 0.4) is 0 Å². The van der Waals surface area contributed by atoms with Gasteiger partial charge in [0.25, 0.3) is 5.56 Å². The van der Waals surface area contributed by atoms with Gasteiger partial charge >= 0.3 is 0 Å². The third kappa shape index (κ3) is 4.05. The van der Waals surface area contributed by atoms with Crippen molar-refractivity contribution in [3.63, 3.8) is 0 Å². The highest BCUT2D eigenvalue weighted by Gasteiger charge is 2.13. The molecule has 0 aliphatic heterocycles. The van der Waals surface area contributed by atoms with Gasteiger partial charge < -0.3 is 4.98 Å². The van der Waals surface area contributed by atoms with Gasteiger partial charge in [0.05, 0.1) is 15.7 Å². The van der Waals surface area contributed by atoms with Crippen molar-refractivity contribution in [1.82, 2.24) is 9.97 Å². The van der Waals surface area contributed by atoms with Gasteiger partial charge in [0.1, 0.15) is 11.6 Å². The summed E-state index contributed by atoms with van der Waals surface area (Å²) in [5, 5.41) is 10.7. The first-order valence-electron chi connectivity index (χ1n) is 7.25. The third-order valence-electron chi connectivity index (χ3n) is 3.42. The SMILES string of the molecule is N#Cc1c(-c2ccccc2)nc(SCc2ccc(Cl)c(Cl)c2)[nH]c1=O. The highest BCUT2D eigenvalue weighted by atomic mass is 35.5. The zero-order valence-electron chi connectivity index (χ0n) is 12.8. The summed E-state index contributed by atoms with van der Waals surface area (Å²) < 4.78 is 0. The number of aromatic amines is 1. The van der Waals surface area contributed by atoms with Gasteiger partial charge in [-0.15, -0.1) is 0 Å². The molecule has 7 heteroatoms. The van der Waals surface area contributed by atoms with Crippen molar-refractivity contribution in [3.8, 4) is 17.3 Å². The van der Waals surface area contributed by atoms with Gasteiger partial charge in [-0.2, -0.15) is 5.26 Å². The van der Waals surface area contributed by atoms with E-state index in [0.29, 0.717) is 26.6 Å². The van der Waals surface area contributed by atoms with Crippen LogP contribution in [0, 0.1) is 11.3 Å². The maximum absolute atomic E-state index is 12.2. The summed E-state index contributed by atoms with van der Waals surface area (Å²) in [4.78, 5) is 19.3. The maximum atomic E-state index is 12.2. The minimum Gasteiger partial charge on any atom is -0.300 e. The molecule has 0 spiro atoms. The van der Waals surface area contributed by atoms with Gasteiger partial charge in [-0.25, -0.2) is 4.98 Å². The average Bonchev–Trinajstić information content (AvgIpc) is 2.63. The zero-order chi connectivity index (χ0) is 17.8. The number of aromatic nitrogens is 2. The summed E-state index contributed by atoms with van der Waals surface area (Å²) in [6, 6.07) is 16.5. The third-order valence-corrected chi connectivity index (χ3v) is 5.10. The summed E-state index contributed by atoms with van der Waals surface area (Å²) in [6.45, 7) is 0. The Morgan fingerprint density at radius 2 is 1.88 bits per heavy atom. The number of benzene rings is 2. The van der Waals surface area contributed by atoms with Crippen molar-refractivity contribution in [2.45, 2.75) is 10.9 Å². The van der Waals surface area contributed by atoms with Gasteiger partial charge in [-0.3, -0.25) is 4.79 Å². The zero-order valence-corrected chi connectivity index (χ0v) is 15.1. The fourth-order valence-corrected chi connectivity index (χ4v) is 3.33. The van der Waals surface area contributed by atoms with E-state index in [-0.39, 0.29) is 5.56 Å². The van der Waals surface area contributed by atoms with Gasteiger partial charge in [0.15, 0.2) is 5.16 Å². The Balaban J connectivity index is 1.92. The summed E-state index contributed by atoms with van der Waals surface area (Å²) in [6.07, 6.45) is 0. The monoisotopic (exact) mass is 387 g/mol. The Labute approximate surface area is 158 Å². The lowest BCUT2D eigenvalue weighted by Crippen LogP contribution is -2.14. The quantitative estimate of drug-likeness (QED) is 0.510. The second-order valence-electron chi connectivity index (χ2n) is 5.11. The summed E-state index contributed by atoms with van der Waals surface area (Å²) in [5.74, 6) is 0.556. The number of nitrogens with zero attached hydrogens (tertiary/aromatic N) is 2. The van der Waals surface area contributed by atoms with Crippen molar-refractivity contribution < 1.29 is 0 Å². The minimum atomic E-state index is -0.451. The number of H-pyrrole nitrogens is 1. The normalized spacial score (nSPS) is 10.4. The van der Waals surface area contributed by atoms with Gasteiger partial charge in [0, 0.05) is 11.3 Å². The number of halogens is 2. The second kappa shape index (κ2) is 7.75. The van der Waals surface area contributed by atoms with Crippen LogP contribution in [0.5, 0.6) is 0 Å². The number of nitrogens with one attached hydrogen (secondary N) is 1. The molecule has 0 saturated heterocycles. The van der Waals surface area contributed by atoms with Crippen molar-refractivity contribution >= 4 is 35.0 Å². The Hall–Kier alpha value is -2.26. The number of hydrogen-bond acceptors (Lipinski definition) is 4. The molecule has 3 aromatic rings. The van der Waals surface area contributed by atoms with Crippen molar-refractivity contribution in [3.05, 3.63) is 80.1 Å². The number of nitriles is 1. The molecule has 3 rings (SSSR count). The average molecular weight is 388 g/mol. The number of hydrogen-bond donors (Lipinski definition) is 1. The Kier molecular flexibility index (Phi) is 5.44. The van der Waals surface area contributed by atoms with E-state index < -0.39 is 5.56 Å².